The fourth-order valence-electron chi connectivity index (χ4n) is 2.01. The van der Waals surface area contributed by atoms with E-state index >= 15 is 0 Å². The van der Waals surface area contributed by atoms with Crippen LogP contribution in [0, 0.1) is 0 Å². The molecule has 4 aromatic rings. The second kappa shape index (κ2) is 5.08. The van der Waals surface area contributed by atoms with E-state index in [2.05, 4.69) is 36.3 Å². The van der Waals surface area contributed by atoms with E-state index in [0.29, 0.717) is 0 Å². The molecule has 0 saturated heterocycles. The standard InChI is InChI=1S/C14H9N5O2S/c20-14-13(16-11-12(17-14)19-21-18-11)15-9-5-3-8(4-6-9)10-2-1-7-22-10/h1-7H,(H,15,16,18)(H,17,19,20). The monoisotopic (exact) mass is 311 g/mol. The predicted molar refractivity (Wildman–Crippen MR) is 82.1 cm³/mol. The summed E-state index contributed by atoms with van der Waals surface area (Å²) in [6, 6.07) is 11.9. The summed E-state index contributed by atoms with van der Waals surface area (Å²) in [5.41, 5.74) is 2.30. The van der Waals surface area contributed by atoms with Crippen LogP contribution in [0.3, 0.4) is 0 Å². The lowest BCUT2D eigenvalue weighted by Crippen LogP contribution is -1.96. The molecule has 0 amide bonds. The minimum atomic E-state index is -0.259. The molecule has 0 fully saturated rings. The zero-order valence-corrected chi connectivity index (χ0v) is 11.9. The fourth-order valence-corrected chi connectivity index (χ4v) is 2.74. The molecule has 0 aliphatic heterocycles. The van der Waals surface area contributed by atoms with Gasteiger partial charge in [0.15, 0.2) is 5.82 Å². The Morgan fingerprint density at radius 1 is 1.00 bits per heavy atom. The Labute approximate surface area is 128 Å². The number of hydrogen-bond donors (Lipinski definition) is 2. The van der Waals surface area contributed by atoms with E-state index in [1.165, 1.54) is 4.88 Å². The number of anilines is 2. The third kappa shape index (κ3) is 2.25. The van der Waals surface area contributed by atoms with Crippen molar-refractivity contribution in [1.29, 1.82) is 0 Å². The number of aromatic hydroxyl groups is 1. The molecule has 0 atom stereocenters. The molecule has 0 unspecified atom stereocenters. The summed E-state index contributed by atoms with van der Waals surface area (Å²) < 4.78 is 4.52. The summed E-state index contributed by atoms with van der Waals surface area (Å²) in [5, 5.41) is 22.0. The number of benzene rings is 1. The van der Waals surface area contributed by atoms with E-state index in [9.17, 15) is 5.11 Å². The minimum absolute atomic E-state index is 0.163. The first-order valence-corrected chi connectivity index (χ1v) is 7.28. The van der Waals surface area contributed by atoms with Crippen molar-refractivity contribution in [2.45, 2.75) is 0 Å². The number of hydrogen-bond acceptors (Lipinski definition) is 8. The maximum absolute atomic E-state index is 9.85. The average Bonchev–Trinajstić information content (AvgIpc) is 3.19. The van der Waals surface area contributed by atoms with Gasteiger partial charge in [0.25, 0.3) is 5.88 Å². The highest BCUT2D eigenvalue weighted by Gasteiger charge is 2.11. The smallest absolute Gasteiger partial charge is 0.257 e. The molecule has 4 rings (SSSR count). The van der Waals surface area contributed by atoms with Gasteiger partial charge in [0.1, 0.15) is 0 Å². The van der Waals surface area contributed by atoms with Crippen molar-refractivity contribution in [2.75, 3.05) is 5.32 Å². The first-order valence-electron chi connectivity index (χ1n) is 6.40. The molecule has 0 saturated carbocycles. The molecule has 3 heterocycles. The topological polar surface area (TPSA) is 97.0 Å². The molecular weight excluding hydrogens is 302 g/mol. The van der Waals surface area contributed by atoms with Gasteiger partial charge in [-0.1, -0.05) is 18.2 Å². The Morgan fingerprint density at radius 2 is 1.77 bits per heavy atom. The van der Waals surface area contributed by atoms with Crippen molar-refractivity contribution in [2.24, 2.45) is 0 Å². The normalized spacial score (nSPS) is 10.9. The van der Waals surface area contributed by atoms with Crippen LogP contribution < -0.4 is 5.32 Å². The van der Waals surface area contributed by atoms with Gasteiger partial charge in [-0.25, -0.2) is 4.63 Å². The predicted octanol–water partition coefficient (Wildman–Crippen LogP) is 3.19. The molecule has 108 valence electrons. The average molecular weight is 311 g/mol. The van der Waals surface area contributed by atoms with E-state index in [4.69, 9.17) is 0 Å². The van der Waals surface area contributed by atoms with E-state index < -0.39 is 0 Å². The molecule has 0 spiro atoms. The van der Waals surface area contributed by atoms with Crippen molar-refractivity contribution in [3.63, 3.8) is 0 Å². The Morgan fingerprint density at radius 3 is 2.50 bits per heavy atom. The number of rotatable bonds is 3. The van der Waals surface area contributed by atoms with E-state index in [1.54, 1.807) is 11.3 Å². The number of aromatic nitrogens is 4. The Hall–Kier alpha value is -3.00. The van der Waals surface area contributed by atoms with E-state index in [0.717, 1.165) is 11.3 Å². The van der Waals surface area contributed by atoms with Gasteiger partial charge in [0, 0.05) is 10.6 Å². The Balaban J connectivity index is 1.63. The van der Waals surface area contributed by atoms with Gasteiger partial charge in [0.2, 0.25) is 11.3 Å². The van der Waals surface area contributed by atoms with Gasteiger partial charge < -0.3 is 10.4 Å². The quantitative estimate of drug-likeness (QED) is 0.599. The summed E-state index contributed by atoms with van der Waals surface area (Å²) in [6.07, 6.45) is 0. The molecule has 2 N–H and O–H groups in total. The van der Waals surface area contributed by atoms with Crippen molar-refractivity contribution >= 4 is 34.1 Å². The first-order chi connectivity index (χ1) is 10.8. The molecule has 0 radical (unpaired) electrons. The maximum Gasteiger partial charge on any atom is 0.257 e. The molecule has 22 heavy (non-hydrogen) atoms. The Kier molecular flexibility index (Phi) is 2.94. The summed E-state index contributed by atoms with van der Waals surface area (Å²) >= 11 is 1.68. The molecule has 0 bridgehead atoms. The van der Waals surface area contributed by atoms with Crippen LogP contribution >= 0.6 is 11.3 Å². The fraction of sp³-hybridized carbons (Fsp3) is 0. The number of fused-ring (bicyclic) bond motifs is 1. The van der Waals surface area contributed by atoms with Crippen LogP contribution in [0.2, 0.25) is 0 Å². The highest BCUT2D eigenvalue weighted by molar-refractivity contribution is 7.13. The molecular formula is C14H9N5O2S. The van der Waals surface area contributed by atoms with Crippen LogP contribution in [0.15, 0.2) is 46.4 Å². The molecule has 1 aromatic carbocycles. The van der Waals surface area contributed by atoms with Gasteiger partial charge in [0.05, 0.1) is 0 Å². The summed E-state index contributed by atoms with van der Waals surface area (Å²) in [6.45, 7) is 0. The molecule has 0 aliphatic rings. The SMILES string of the molecule is Oc1nc2nonc2nc1Nc1ccc(-c2cccs2)cc1. The zero-order valence-electron chi connectivity index (χ0n) is 11.1. The number of thiophene rings is 1. The van der Waals surface area contributed by atoms with Crippen LogP contribution in [0.1, 0.15) is 0 Å². The third-order valence-corrected chi connectivity index (χ3v) is 3.97. The van der Waals surface area contributed by atoms with Gasteiger partial charge in [-0.15, -0.1) is 11.3 Å². The molecule has 0 aliphatic carbocycles. The highest BCUT2D eigenvalue weighted by Crippen LogP contribution is 2.28. The maximum atomic E-state index is 9.85. The van der Waals surface area contributed by atoms with Gasteiger partial charge in [-0.05, 0) is 39.5 Å². The lowest BCUT2D eigenvalue weighted by molar-refractivity contribution is 0.314. The van der Waals surface area contributed by atoms with Gasteiger partial charge in [-0.3, -0.25) is 0 Å². The summed E-state index contributed by atoms with van der Waals surface area (Å²) in [7, 11) is 0. The molecule has 7 nitrogen and oxygen atoms in total. The summed E-state index contributed by atoms with van der Waals surface area (Å²) in [5.74, 6) is -0.0578. The second-order valence-corrected chi connectivity index (χ2v) is 5.43. The van der Waals surface area contributed by atoms with Crippen LogP contribution in [0.25, 0.3) is 21.7 Å². The van der Waals surface area contributed by atoms with Crippen molar-refractivity contribution in [1.82, 2.24) is 20.3 Å². The Bertz CT molecular complexity index is 918. The molecule has 8 heteroatoms. The van der Waals surface area contributed by atoms with Crippen LogP contribution in [0.5, 0.6) is 5.88 Å². The molecule has 3 aromatic heterocycles. The zero-order chi connectivity index (χ0) is 14.9. The van der Waals surface area contributed by atoms with Crippen molar-refractivity contribution < 1.29 is 9.74 Å². The third-order valence-electron chi connectivity index (χ3n) is 3.05. The largest absolute Gasteiger partial charge is 0.491 e. The van der Waals surface area contributed by atoms with Crippen molar-refractivity contribution in [3.05, 3.63) is 41.8 Å². The lowest BCUT2D eigenvalue weighted by Gasteiger charge is -2.07. The van der Waals surface area contributed by atoms with E-state index in [-0.39, 0.29) is 23.0 Å². The van der Waals surface area contributed by atoms with Gasteiger partial charge in [-0.2, -0.15) is 9.97 Å². The van der Waals surface area contributed by atoms with Crippen molar-refractivity contribution in [3.8, 4) is 16.3 Å². The summed E-state index contributed by atoms with van der Waals surface area (Å²) in [4.78, 5) is 9.17. The van der Waals surface area contributed by atoms with Gasteiger partial charge >= 0.3 is 0 Å². The highest BCUT2D eigenvalue weighted by atomic mass is 32.1. The van der Waals surface area contributed by atoms with E-state index in [1.807, 2.05) is 35.7 Å². The number of nitrogens with zero attached hydrogens (tertiary/aromatic N) is 4. The minimum Gasteiger partial charge on any atom is -0.491 e. The van der Waals surface area contributed by atoms with Crippen LogP contribution in [0.4, 0.5) is 11.5 Å². The lowest BCUT2D eigenvalue weighted by atomic mass is 10.2. The van der Waals surface area contributed by atoms with Crippen LogP contribution in [-0.4, -0.2) is 25.4 Å². The number of nitrogens with one attached hydrogen (secondary N) is 1. The second-order valence-electron chi connectivity index (χ2n) is 4.49. The van der Waals surface area contributed by atoms with Crippen LogP contribution in [-0.2, 0) is 0 Å². The first kappa shape index (κ1) is 12.7.